The van der Waals surface area contributed by atoms with Gasteiger partial charge < -0.3 is 20.1 Å². The number of aliphatic imine (C=N–C) groups is 1. The molecular weight excluding hydrogens is 487 g/mol. The number of guanidine groups is 1. The Morgan fingerprint density at radius 2 is 2.04 bits per heavy atom. The summed E-state index contributed by atoms with van der Waals surface area (Å²) in [5, 5.41) is 6.91. The van der Waals surface area contributed by atoms with Gasteiger partial charge in [0, 0.05) is 56.4 Å². The Kier molecular flexibility index (Phi) is 11.8. The maximum absolute atomic E-state index is 5.85. The third-order valence-corrected chi connectivity index (χ3v) is 6.89. The molecule has 2 aliphatic heterocycles. The first-order valence-corrected chi connectivity index (χ1v) is 12.0. The number of halogens is 1. The van der Waals surface area contributed by atoms with Gasteiger partial charge in [-0.15, -0.1) is 24.0 Å². The van der Waals surface area contributed by atoms with Crippen LogP contribution in [0.3, 0.4) is 0 Å². The summed E-state index contributed by atoms with van der Waals surface area (Å²) in [7, 11) is 0. The summed E-state index contributed by atoms with van der Waals surface area (Å²) in [4.78, 5) is 7.74. The first-order chi connectivity index (χ1) is 13.3. The number of thioether (sulfide) groups is 1. The fourth-order valence-corrected chi connectivity index (χ4v) is 5.29. The van der Waals surface area contributed by atoms with Crippen LogP contribution in [0.2, 0.25) is 0 Å². The molecule has 3 fully saturated rings. The summed E-state index contributed by atoms with van der Waals surface area (Å²) >= 11 is 2.09. The fraction of sp³-hybridized carbons (Fsp3) is 0.950. The molecule has 8 heteroatoms. The Morgan fingerprint density at radius 3 is 2.71 bits per heavy atom. The minimum Gasteiger partial charge on any atom is -0.379 e. The molecule has 2 saturated heterocycles. The Balaban J connectivity index is 0.00000280. The van der Waals surface area contributed by atoms with E-state index in [0.29, 0.717) is 11.6 Å². The summed E-state index contributed by atoms with van der Waals surface area (Å²) in [6.07, 6.45) is 7.65. The van der Waals surface area contributed by atoms with Crippen LogP contribution in [0.4, 0.5) is 0 Å². The van der Waals surface area contributed by atoms with Crippen LogP contribution in [0, 0.1) is 0 Å². The predicted molar refractivity (Wildman–Crippen MR) is 129 cm³/mol. The van der Waals surface area contributed by atoms with Crippen LogP contribution >= 0.6 is 35.7 Å². The molecule has 0 spiro atoms. The molecule has 28 heavy (non-hydrogen) atoms. The summed E-state index contributed by atoms with van der Waals surface area (Å²) in [6, 6.07) is 0. The molecule has 3 aliphatic rings. The Bertz CT molecular complexity index is 451. The topological polar surface area (TPSA) is 58.1 Å². The van der Waals surface area contributed by atoms with Crippen molar-refractivity contribution in [1.29, 1.82) is 0 Å². The lowest BCUT2D eigenvalue weighted by Crippen LogP contribution is -2.53. The second-order valence-corrected chi connectivity index (χ2v) is 9.09. The van der Waals surface area contributed by atoms with Crippen LogP contribution in [-0.4, -0.2) is 86.6 Å². The molecule has 1 aliphatic carbocycles. The summed E-state index contributed by atoms with van der Waals surface area (Å²) in [5.41, 5.74) is 0.301. The van der Waals surface area contributed by atoms with E-state index < -0.39 is 0 Å². The molecule has 1 saturated carbocycles. The van der Waals surface area contributed by atoms with Crippen molar-refractivity contribution in [1.82, 2.24) is 15.5 Å². The minimum absolute atomic E-state index is 0. The zero-order valence-corrected chi connectivity index (χ0v) is 20.6. The second kappa shape index (κ2) is 13.5. The van der Waals surface area contributed by atoms with Crippen LogP contribution in [0.5, 0.6) is 0 Å². The largest absolute Gasteiger partial charge is 0.379 e. The Labute approximate surface area is 192 Å². The van der Waals surface area contributed by atoms with Gasteiger partial charge in [-0.2, -0.15) is 11.8 Å². The van der Waals surface area contributed by atoms with E-state index in [1.807, 2.05) is 0 Å². The van der Waals surface area contributed by atoms with Gasteiger partial charge in [0.1, 0.15) is 0 Å². The number of ether oxygens (including phenoxy) is 2. The van der Waals surface area contributed by atoms with E-state index in [9.17, 15) is 0 Å². The first kappa shape index (κ1) is 24.5. The van der Waals surface area contributed by atoms with Crippen molar-refractivity contribution in [2.24, 2.45) is 4.99 Å². The quantitative estimate of drug-likeness (QED) is 0.209. The first-order valence-electron chi connectivity index (χ1n) is 10.9. The molecule has 164 valence electrons. The molecule has 2 heterocycles. The highest BCUT2D eigenvalue weighted by Crippen LogP contribution is 2.37. The maximum Gasteiger partial charge on any atom is 0.191 e. The van der Waals surface area contributed by atoms with Gasteiger partial charge in [0.2, 0.25) is 0 Å². The zero-order chi connectivity index (χ0) is 18.8. The summed E-state index contributed by atoms with van der Waals surface area (Å²) < 4.78 is 11.2. The van der Waals surface area contributed by atoms with Crippen molar-refractivity contribution in [2.45, 2.75) is 57.1 Å². The van der Waals surface area contributed by atoms with E-state index >= 15 is 0 Å². The van der Waals surface area contributed by atoms with E-state index in [0.717, 1.165) is 58.3 Å². The van der Waals surface area contributed by atoms with Gasteiger partial charge in [-0.05, 0) is 32.6 Å². The highest BCUT2D eigenvalue weighted by atomic mass is 127. The SMILES string of the molecule is CCNC(=NCC1(N2CCSCC2)CCCC1)NCCCOC1CCOC1.I. The molecular formula is C20H39IN4O2S. The Hall–Kier alpha value is 0.230. The molecule has 1 unspecified atom stereocenters. The molecule has 0 amide bonds. The standard InChI is InChI=1S/C20H38N4O2S.HI/c1-2-21-19(22-9-5-12-26-18-6-13-25-16-18)23-17-20(7-3-4-8-20)24-10-14-27-15-11-24;/h18H,2-17H2,1H3,(H2,21,22,23);1H. The maximum atomic E-state index is 5.85. The predicted octanol–water partition coefficient (Wildman–Crippen LogP) is 2.72. The van der Waals surface area contributed by atoms with E-state index in [1.165, 1.54) is 50.3 Å². The van der Waals surface area contributed by atoms with E-state index in [1.54, 1.807) is 0 Å². The van der Waals surface area contributed by atoms with Gasteiger partial charge in [-0.1, -0.05) is 12.8 Å². The van der Waals surface area contributed by atoms with Crippen LogP contribution < -0.4 is 10.6 Å². The monoisotopic (exact) mass is 526 g/mol. The molecule has 0 aromatic rings. The number of nitrogens with zero attached hydrogens (tertiary/aromatic N) is 2. The van der Waals surface area contributed by atoms with E-state index in [-0.39, 0.29) is 24.0 Å². The molecule has 3 rings (SSSR count). The minimum atomic E-state index is 0. The van der Waals surface area contributed by atoms with Crippen LogP contribution in [0.25, 0.3) is 0 Å². The lowest BCUT2D eigenvalue weighted by Gasteiger charge is -2.42. The molecule has 0 radical (unpaired) electrons. The van der Waals surface area contributed by atoms with Crippen LogP contribution in [0.1, 0.15) is 45.4 Å². The van der Waals surface area contributed by atoms with Gasteiger partial charge in [0.25, 0.3) is 0 Å². The lowest BCUT2D eigenvalue weighted by molar-refractivity contribution is 0.0420. The summed E-state index contributed by atoms with van der Waals surface area (Å²) in [5.74, 6) is 3.50. The molecule has 0 bridgehead atoms. The molecule has 0 aromatic heterocycles. The number of hydrogen-bond donors (Lipinski definition) is 2. The van der Waals surface area contributed by atoms with E-state index in [4.69, 9.17) is 14.5 Å². The zero-order valence-electron chi connectivity index (χ0n) is 17.4. The van der Waals surface area contributed by atoms with E-state index in [2.05, 4.69) is 34.2 Å². The number of rotatable bonds is 9. The van der Waals surface area contributed by atoms with Crippen LogP contribution in [-0.2, 0) is 9.47 Å². The smallest absolute Gasteiger partial charge is 0.191 e. The van der Waals surface area contributed by atoms with Crippen molar-refractivity contribution in [3.05, 3.63) is 0 Å². The van der Waals surface area contributed by atoms with Crippen molar-refractivity contribution in [3.63, 3.8) is 0 Å². The third-order valence-electron chi connectivity index (χ3n) is 5.95. The Morgan fingerprint density at radius 1 is 1.25 bits per heavy atom. The van der Waals surface area contributed by atoms with Gasteiger partial charge in [0.05, 0.1) is 19.3 Å². The highest BCUT2D eigenvalue weighted by Gasteiger charge is 2.39. The van der Waals surface area contributed by atoms with Gasteiger partial charge in [-0.25, -0.2) is 0 Å². The summed E-state index contributed by atoms with van der Waals surface area (Å²) in [6.45, 7) is 9.69. The van der Waals surface area contributed by atoms with Gasteiger partial charge in [-0.3, -0.25) is 9.89 Å². The number of hydrogen-bond acceptors (Lipinski definition) is 5. The van der Waals surface area contributed by atoms with Crippen molar-refractivity contribution >= 4 is 41.7 Å². The third kappa shape index (κ3) is 7.49. The van der Waals surface area contributed by atoms with Crippen molar-refractivity contribution in [2.75, 3.05) is 64.1 Å². The average Bonchev–Trinajstić information content (AvgIpc) is 3.39. The van der Waals surface area contributed by atoms with Gasteiger partial charge in [0.15, 0.2) is 5.96 Å². The van der Waals surface area contributed by atoms with Gasteiger partial charge >= 0.3 is 0 Å². The lowest BCUT2D eigenvalue weighted by atomic mass is 9.95. The van der Waals surface area contributed by atoms with Crippen molar-refractivity contribution < 1.29 is 9.47 Å². The normalized spacial score (nSPS) is 25.5. The average molecular weight is 527 g/mol. The van der Waals surface area contributed by atoms with Crippen molar-refractivity contribution in [3.8, 4) is 0 Å². The van der Waals surface area contributed by atoms with Crippen LogP contribution in [0.15, 0.2) is 4.99 Å². The molecule has 6 nitrogen and oxygen atoms in total. The molecule has 1 atom stereocenters. The second-order valence-electron chi connectivity index (χ2n) is 7.86. The molecule has 2 N–H and O–H groups in total. The molecule has 0 aromatic carbocycles. The fourth-order valence-electron chi connectivity index (χ4n) is 4.39. The number of nitrogens with one attached hydrogen (secondary N) is 2. The highest BCUT2D eigenvalue weighted by molar-refractivity contribution is 14.0.